The van der Waals surface area contributed by atoms with Crippen LogP contribution in [0.2, 0.25) is 0 Å². The fraction of sp³-hybridized carbons (Fsp3) is 0.611. The van der Waals surface area contributed by atoms with Crippen molar-refractivity contribution in [1.82, 2.24) is 10.6 Å². The Bertz CT molecular complexity index is 525. The summed E-state index contributed by atoms with van der Waals surface area (Å²) < 4.78 is 11.0. The number of hydrogen-bond donors (Lipinski definition) is 2. The highest BCUT2D eigenvalue weighted by Gasteiger charge is 2.26. The van der Waals surface area contributed by atoms with Gasteiger partial charge in [-0.2, -0.15) is 0 Å². The molecule has 0 aliphatic carbocycles. The molecule has 2 atom stereocenters. The lowest BCUT2D eigenvalue weighted by atomic mass is 9.92. The summed E-state index contributed by atoms with van der Waals surface area (Å²) in [7, 11) is 0. The predicted octanol–water partition coefficient (Wildman–Crippen LogP) is 3.26. The summed E-state index contributed by atoms with van der Waals surface area (Å²) >= 11 is 0. The van der Waals surface area contributed by atoms with E-state index in [0.717, 1.165) is 25.3 Å². The van der Waals surface area contributed by atoms with Gasteiger partial charge in [0.2, 0.25) is 0 Å². The highest BCUT2D eigenvalue weighted by Crippen LogP contribution is 2.34. The van der Waals surface area contributed by atoms with Crippen molar-refractivity contribution in [1.29, 1.82) is 0 Å². The Morgan fingerprint density at radius 2 is 2.04 bits per heavy atom. The molecule has 5 nitrogen and oxygen atoms in total. The van der Waals surface area contributed by atoms with Crippen LogP contribution in [-0.2, 0) is 4.74 Å². The molecule has 1 amide bonds. The molecule has 1 aliphatic heterocycles. The summed E-state index contributed by atoms with van der Waals surface area (Å²) in [5.74, 6) is 1.39. The highest BCUT2D eigenvalue weighted by molar-refractivity contribution is 5.67. The normalized spacial score (nSPS) is 20.3. The van der Waals surface area contributed by atoms with E-state index in [4.69, 9.17) is 9.47 Å². The Balaban J connectivity index is 1.73. The van der Waals surface area contributed by atoms with Crippen molar-refractivity contribution in [3.63, 3.8) is 0 Å². The zero-order valence-electron chi connectivity index (χ0n) is 14.5. The molecule has 1 heterocycles. The standard InChI is InChI=1S/C18H28N2O3/c1-13-12-22-15-9-6-5-8-14(15)16(13)19-10-7-11-20-17(21)23-18(2,3)4/h5-6,8-9,13,16,19H,7,10-12H2,1-4H3,(H,20,21). The van der Waals surface area contributed by atoms with E-state index in [0.29, 0.717) is 18.5 Å². The molecular formula is C18H28N2O3. The molecule has 128 valence electrons. The number of rotatable bonds is 5. The number of nitrogens with one attached hydrogen (secondary N) is 2. The highest BCUT2D eigenvalue weighted by atomic mass is 16.6. The summed E-state index contributed by atoms with van der Waals surface area (Å²) in [6.45, 7) is 9.92. The average molecular weight is 320 g/mol. The van der Waals surface area contributed by atoms with E-state index in [-0.39, 0.29) is 6.09 Å². The number of carbonyl (C=O) groups excluding carboxylic acids is 1. The molecule has 0 aromatic heterocycles. The van der Waals surface area contributed by atoms with Gasteiger partial charge in [-0.3, -0.25) is 0 Å². The van der Waals surface area contributed by atoms with Crippen molar-refractivity contribution in [2.24, 2.45) is 5.92 Å². The smallest absolute Gasteiger partial charge is 0.407 e. The molecule has 2 unspecified atom stereocenters. The van der Waals surface area contributed by atoms with Crippen LogP contribution in [0.25, 0.3) is 0 Å². The van der Waals surface area contributed by atoms with Gasteiger partial charge in [-0.15, -0.1) is 0 Å². The van der Waals surface area contributed by atoms with Crippen molar-refractivity contribution < 1.29 is 14.3 Å². The monoisotopic (exact) mass is 320 g/mol. The van der Waals surface area contributed by atoms with Gasteiger partial charge in [0.25, 0.3) is 0 Å². The second-order valence-corrected chi connectivity index (χ2v) is 7.04. The van der Waals surface area contributed by atoms with Crippen LogP contribution in [0.5, 0.6) is 5.75 Å². The van der Waals surface area contributed by atoms with Gasteiger partial charge < -0.3 is 20.1 Å². The van der Waals surface area contributed by atoms with E-state index < -0.39 is 5.60 Å². The number of alkyl carbamates (subject to hydrolysis) is 1. The number of fused-ring (bicyclic) bond motifs is 1. The molecular weight excluding hydrogens is 292 g/mol. The van der Waals surface area contributed by atoms with Crippen molar-refractivity contribution in [3.05, 3.63) is 29.8 Å². The molecule has 0 bridgehead atoms. The quantitative estimate of drug-likeness (QED) is 0.818. The van der Waals surface area contributed by atoms with Gasteiger partial charge in [0.05, 0.1) is 6.61 Å². The molecule has 0 saturated heterocycles. The summed E-state index contributed by atoms with van der Waals surface area (Å²) in [5, 5.41) is 6.36. The maximum absolute atomic E-state index is 11.6. The average Bonchev–Trinajstić information content (AvgIpc) is 2.47. The van der Waals surface area contributed by atoms with E-state index in [9.17, 15) is 4.79 Å². The molecule has 1 aromatic carbocycles. The SMILES string of the molecule is CC1COc2ccccc2C1NCCCNC(=O)OC(C)(C)C. The molecule has 0 radical (unpaired) electrons. The van der Waals surface area contributed by atoms with Crippen LogP contribution < -0.4 is 15.4 Å². The minimum atomic E-state index is -0.455. The Labute approximate surface area is 138 Å². The maximum Gasteiger partial charge on any atom is 0.407 e. The fourth-order valence-electron chi connectivity index (χ4n) is 2.65. The first kappa shape index (κ1) is 17.6. The van der Waals surface area contributed by atoms with Gasteiger partial charge in [0, 0.05) is 24.1 Å². The largest absolute Gasteiger partial charge is 0.493 e. The van der Waals surface area contributed by atoms with Crippen LogP contribution >= 0.6 is 0 Å². The number of carbonyl (C=O) groups is 1. The van der Waals surface area contributed by atoms with Crippen LogP contribution in [0.15, 0.2) is 24.3 Å². The Kier molecular flexibility index (Phi) is 5.88. The van der Waals surface area contributed by atoms with Crippen molar-refractivity contribution in [2.45, 2.75) is 45.8 Å². The van der Waals surface area contributed by atoms with Gasteiger partial charge in [-0.05, 0) is 39.8 Å². The number of amides is 1. The molecule has 1 aliphatic rings. The van der Waals surface area contributed by atoms with Crippen LogP contribution in [0.4, 0.5) is 4.79 Å². The van der Waals surface area contributed by atoms with Gasteiger partial charge in [0.15, 0.2) is 0 Å². The maximum atomic E-state index is 11.6. The number of hydrogen-bond acceptors (Lipinski definition) is 4. The topological polar surface area (TPSA) is 59.6 Å². The second kappa shape index (κ2) is 7.68. The zero-order valence-corrected chi connectivity index (χ0v) is 14.5. The minimum Gasteiger partial charge on any atom is -0.493 e. The zero-order chi connectivity index (χ0) is 16.9. The Hall–Kier alpha value is -1.75. The Morgan fingerprint density at radius 1 is 1.30 bits per heavy atom. The van der Waals surface area contributed by atoms with E-state index in [1.54, 1.807) is 0 Å². The lowest BCUT2D eigenvalue weighted by Crippen LogP contribution is -2.36. The van der Waals surface area contributed by atoms with E-state index in [1.807, 2.05) is 39.0 Å². The third-order valence-electron chi connectivity index (χ3n) is 3.71. The second-order valence-electron chi connectivity index (χ2n) is 7.04. The van der Waals surface area contributed by atoms with Gasteiger partial charge >= 0.3 is 6.09 Å². The van der Waals surface area contributed by atoms with Gasteiger partial charge in [-0.25, -0.2) is 4.79 Å². The van der Waals surface area contributed by atoms with Crippen LogP contribution in [0.1, 0.15) is 45.7 Å². The van der Waals surface area contributed by atoms with Gasteiger partial charge in [-0.1, -0.05) is 25.1 Å². The molecule has 0 fully saturated rings. The lowest BCUT2D eigenvalue weighted by molar-refractivity contribution is 0.0527. The minimum absolute atomic E-state index is 0.293. The van der Waals surface area contributed by atoms with Gasteiger partial charge in [0.1, 0.15) is 11.4 Å². The van der Waals surface area contributed by atoms with Crippen molar-refractivity contribution in [3.8, 4) is 5.75 Å². The summed E-state index contributed by atoms with van der Waals surface area (Å²) in [5.41, 5.74) is 0.759. The molecule has 5 heteroatoms. The predicted molar refractivity (Wildman–Crippen MR) is 90.7 cm³/mol. The molecule has 0 saturated carbocycles. The number of para-hydroxylation sites is 1. The Morgan fingerprint density at radius 3 is 2.78 bits per heavy atom. The molecule has 0 spiro atoms. The van der Waals surface area contributed by atoms with Crippen LogP contribution in [-0.4, -0.2) is 31.4 Å². The molecule has 23 heavy (non-hydrogen) atoms. The van der Waals surface area contributed by atoms with Crippen molar-refractivity contribution in [2.75, 3.05) is 19.7 Å². The lowest BCUT2D eigenvalue weighted by Gasteiger charge is -2.32. The third-order valence-corrected chi connectivity index (χ3v) is 3.71. The third kappa shape index (κ3) is 5.43. The number of ether oxygens (including phenoxy) is 2. The summed E-state index contributed by atoms with van der Waals surface area (Å²) in [4.78, 5) is 11.6. The first-order valence-electron chi connectivity index (χ1n) is 8.29. The molecule has 1 aromatic rings. The van der Waals surface area contributed by atoms with E-state index >= 15 is 0 Å². The van der Waals surface area contributed by atoms with Crippen LogP contribution in [0, 0.1) is 5.92 Å². The summed E-state index contributed by atoms with van der Waals surface area (Å²) in [6, 6.07) is 8.46. The first-order chi connectivity index (χ1) is 10.9. The molecule has 2 N–H and O–H groups in total. The van der Waals surface area contributed by atoms with E-state index in [2.05, 4.69) is 23.6 Å². The van der Waals surface area contributed by atoms with Crippen molar-refractivity contribution >= 4 is 6.09 Å². The van der Waals surface area contributed by atoms with Crippen LogP contribution in [0.3, 0.4) is 0 Å². The summed E-state index contributed by atoms with van der Waals surface area (Å²) in [6.07, 6.45) is 0.494. The fourth-order valence-corrected chi connectivity index (χ4v) is 2.65. The number of benzene rings is 1. The van der Waals surface area contributed by atoms with E-state index in [1.165, 1.54) is 5.56 Å². The first-order valence-corrected chi connectivity index (χ1v) is 8.29. The molecule has 2 rings (SSSR count).